The lowest BCUT2D eigenvalue weighted by Crippen LogP contribution is -2.17. The largest absolute Gasteiger partial charge is 0.380 e. The standard InChI is InChI=1S/C17H18F2N2O/c1-2-12-6-3-4-9-15(12)21-16(22)10-11-20-17-13(18)7-5-8-14(17)19/h3-9,20H,2,10-11H2,1H3,(H,21,22). The smallest absolute Gasteiger partial charge is 0.226 e. The van der Waals surface area contributed by atoms with E-state index in [1.54, 1.807) is 0 Å². The van der Waals surface area contributed by atoms with Crippen molar-refractivity contribution in [1.29, 1.82) is 0 Å². The lowest BCUT2D eigenvalue weighted by Gasteiger charge is -2.11. The van der Waals surface area contributed by atoms with Gasteiger partial charge in [-0.05, 0) is 30.2 Å². The van der Waals surface area contributed by atoms with Crippen LogP contribution in [0.2, 0.25) is 0 Å². The van der Waals surface area contributed by atoms with Crippen molar-refractivity contribution in [2.45, 2.75) is 19.8 Å². The Hall–Kier alpha value is -2.43. The molecule has 0 aliphatic heterocycles. The lowest BCUT2D eigenvalue weighted by molar-refractivity contribution is -0.115. The topological polar surface area (TPSA) is 41.1 Å². The van der Waals surface area contributed by atoms with Crippen LogP contribution in [-0.2, 0) is 11.2 Å². The average molecular weight is 304 g/mol. The number of para-hydroxylation sites is 2. The molecule has 0 bridgehead atoms. The van der Waals surface area contributed by atoms with E-state index in [9.17, 15) is 13.6 Å². The zero-order valence-corrected chi connectivity index (χ0v) is 12.3. The van der Waals surface area contributed by atoms with Crippen molar-refractivity contribution >= 4 is 17.3 Å². The van der Waals surface area contributed by atoms with E-state index in [-0.39, 0.29) is 24.6 Å². The van der Waals surface area contributed by atoms with Gasteiger partial charge in [-0.1, -0.05) is 31.2 Å². The molecule has 2 aromatic rings. The van der Waals surface area contributed by atoms with Crippen LogP contribution >= 0.6 is 0 Å². The fraction of sp³-hybridized carbons (Fsp3) is 0.235. The summed E-state index contributed by atoms with van der Waals surface area (Å²) in [6, 6.07) is 11.2. The second-order valence-electron chi connectivity index (χ2n) is 4.83. The molecule has 3 nitrogen and oxygen atoms in total. The molecule has 0 fully saturated rings. The third-order valence-electron chi connectivity index (χ3n) is 3.29. The second kappa shape index (κ2) is 7.54. The summed E-state index contributed by atoms with van der Waals surface area (Å²) in [5.41, 5.74) is 1.61. The molecule has 0 heterocycles. The van der Waals surface area contributed by atoms with Crippen molar-refractivity contribution in [2.24, 2.45) is 0 Å². The van der Waals surface area contributed by atoms with Crippen LogP contribution in [-0.4, -0.2) is 12.5 Å². The third-order valence-corrected chi connectivity index (χ3v) is 3.29. The predicted octanol–water partition coefficient (Wildman–Crippen LogP) is 3.97. The molecule has 0 saturated carbocycles. The number of nitrogens with one attached hydrogen (secondary N) is 2. The maximum Gasteiger partial charge on any atom is 0.226 e. The van der Waals surface area contributed by atoms with Crippen molar-refractivity contribution in [3.63, 3.8) is 0 Å². The molecule has 22 heavy (non-hydrogen) atoms. The van der Waals surface area contributed by atoms with Crippen molar-refractivity contribution in [3.8, 4) is 0 Å². The fourth-order valence-corrected chi connectivity index (χ4v) is 2.13. The molecule has 5 heteroatoms. The molecule has 2 aromatic carbocycles. The van der Waals surface area contributed by atoms with E-state index in [1.165, 1.54) is 18.2 Å². The van der Waals surface area contributed by atoms with Gasteiger partial charge in [0.1, 0.15) is 17.3 Å². The number of carbonyl (C=O) groups excluding carboxylic acids is 1. The van der Waals surface area contributed by atoms with Crippen LogP contribution in [0.1, 0.15) is 18.9 Å². The molecule has 1 amide bonds. The number of benzene rings is 2. The molecule has 0 radical (unpaired) electrons. The SMILES string of the molecule is CCc1ccccc1NC(=O)CCNc1c(F)cccc1F. The molecule has 0 atom stereocenters. The fourth-order valence-electron chi connectivity index (χ4n) is 2.13. The van der Waals surface area contributed by atoms with Gasteiger partial charge in [0.2, 0.25) is 5.91 Å². The molecule has 116 valence electrons. The minimum absolute atomic E-state index is 0.117. The van der Waals surface area contributed by atoms with Crippen molar-refractivity contribution in [3.05, 3.63) is 59.7 Å². The first kappa shape index (κ1) is 15.9. The highest BCUT2D eigenvalue weighted by Gasteiger charge is 2.09. The lowest BCUT2D eigenvalue weighted by atomic mass is 10.1. The first-order valence-corrected chi connectivity index (χ1v) is 7.17. The van der Waals surface area contributed by atoms with Crippen LogP contribution in [0.15, 0.2) is 42.5 Å². The number of carbonyl (C=O) groups is 1. The van der Waals surface area contributed by atoms with Gasteiger partial charge in [0.25, 0.3) is 0 Å². The van der Waals surface area contributed by atoms with Gasteiger partial charge in [-0.15, -0.1) is 0 Å². The minimum Gasteiger partial charge on any atom is -0.380 e. The highest BCUT2D eigenvalue weighted by Crippen LogP contribution is 2.18. The first-order chi connectivity index (χ1) is 10.6. The van der Waals surface area contributed by atoms with Crippen LogP contribution in [0.3, 0.4) is 0 Å². The summed E-state index contributed by atoms with van der Waals surface area (Å²) in [4.78, 5) is 11.9. The normalized spacial score (nSPS) is 10.3. The van der Waals surface area contributed by atoms with Gasteiger partial charge in [-0.2, -0.15) is 0 Å². The van der Waals surface area contributed by atoms with Crippen molar-refractivity contribution < 1.29 is 13.6 Å². The number of rotatable bonds is 6. The Kier molecular flexibility index (Phi) is 5.47. The van der Waals surface area contributed by atoms with E-state index < -0.39 is 11.6 Å². The maximum atomic E-state index is 13.4. The Morgan fingerprint density at radius 1 is 1.05 bits per heavy atom. The van der Waals surface area contributed by atoms with Crippen molar-refractivity contribution in [1.82, 2.24) is 0 Å². The molecule has 0 spiro atoms. The summed E-state index contributed by atoms with van der Waals surface area (Å²) < 4.78 is 26.8. The van der Waals surface area contributed by atoms with Gasteiger partial charge in [0, 0.05) is 18.7 Å². The Balaban J connectivity index is 1.88. The van der Waals surface area contributed by atoms with E-state index in [2.05, 4.69) is 10.6 Å². The summed E-state index contributed by atoms with van der Waals surface area (Å²) in [5.74, 6) is -1.54. The predicted molar refractivity (Wildman–Crippen MR) is 83.9 cm³/mol. The molecule has 0 saturated heterocycles. The van der Waals surface area contributed by atoms with Crippen LogP contribution in [0.4, 0.5) is 20.2 Å². The van der Waals surface area contributed by atoms with Gasteiger partial charge < -0.3 is 10.6 Å². The summed E-state index contributed by atoms with van der Waals surface area (Å²) in [5, 5.41) is 5.43. The number of aryl methyl sites for hydroxylation is 1. The van der Waals surface area contributed by atoms with Crippen LogP contribution in [0, 0.1) is 11.6 Å². The number of hydrogen-bond acceptors (Lipinski definition) is 2. The van der Waals surface area contributed by atoms with Gasteiger partial charge in [-0.3, -0.25) is 4.79 Å². The number of hydrogen-bond donors (Lipinski definition) is 2. The van der Waals surface area contributed by atoms with Gasteiger partial charge >= 0.3 is 0 Å². The molecule has 0 aliphatic carbocycles. The summed E-state index contributed by atoms with van der Waals surface area (Å²) >= 11 is 0. The molecule has 2 N–H and O–H groups in total. The Morgan fingerprint density at radius 3 is 2.41 bits per heavy atom. The first-order valence-electron chi connectivity index (χ1n) is 7.17. The quantitative estimate of drug-likeness (QED) is 0.848. The Morgan fingerprint density at radius 2 is 1.73 bits per heavy atom. The van der Waals surface area contributed by atoms with Crippen LogP contribution in [0.5, 0.6) is 0 Å². The molecule has 0 unspecified atom stereocenters. The van der Waals surface area contributed by atoms with E-state index >= 15 is 0 Å². The van der Waals surface area contributed by atoms with E-state index in [4.69, 9.17) is 0 Å². The number of amides is 1. The van der Waals surface area contributed by atoms with Crippen molar-refractivity contribution in [2.75, 3.05) is 17.2 Å². The molecular formula is C17H18F2N2O. The molecule has 0 aliphatic rings. The van der Waals surface area contributed by atoms with E-state index in [0.717, 1.165) is 17.7 Å². The summed E-state index contributed by atoms with van der Waals surface area (Å²) in [7, 11) is 0. The van der Waals surface area contributed by atoms with E-state index in [1.807, 2.05) is 31.2 Å². The molecular weight excluding hydrogens is 286 g/mol. The molecule has 2 rings (SSSR count). The number of anilines is 2. The summed E-state index contributed by atoms with van der Waals surface area (Å²) in [6.45, 7) is 2.16. The number of halogens is 2. The maximum absolute atomic E-state index is 13.4. The van der Waals surface area contributed by atoms with Crippen LogP contribution < -0.4 is 10.6 Å². The highest BCUT2D eigenvalue weighted by molar-refractivity contribution is 5.91. The Labute approximate surface area is 128 Å². The van der Waals surface area contributed by atoms with Crippen LogP contribution in [0.25, 0.3) is 0 Å². The second-order valence-corrected chi connectivity index (χ2v) is 4.83. The van der Waals surface area contributed by atoms with Gasteiger partial charge in [-0.25, -0.2) is 8.78 Å². The minimum atomic E-state index is -0.670. The summed E-state index contributed by atoms with van der Waals surface area (Å²) in [6.07, 6.45) is 0.932. The highest BCUT2D eigenvalue weighted by atomic mass is 19.1. The van der Waals surface area contributed by atoms with Gasteiger partial charge in [0.05, 0.1) is 0 Å². The van der Waals surface area contributed by atoms with Gasteiger partial charge in [0.15, 0.2) is 0 Å². The monoisotopic (exact) mass is 304 g/mol. The van der Waals surface area contributed by atoms with E-state index in [0.29, 0.717) is 0 Å². The average Bonchev–Trinajstić information content (AvgIpc) is 2.51. The zero-order valence-electron chi connectivity index (χ0n) is 12.3. The molecule has 0 aromatic heterocycles. The third kappa shape index (κ3) is 4.04. The Bertz CT molecular complexity index is 639. The zero-order chi connectivity index (χ0) is 15.9.